The first-order chi connectivity index (χ1) is 9.19. The number of likely N-dealkylation sites (tertiary alicyclic amines) is 1. The van der Waals surface area contributed by atoms with Crippen LogP contribution in [0.5, 0.6) is 0 Å². The number of aliphatic hydroxyl groups excluding tert-OH is 1. The van der Waals surface area contributed by atoms with Crippen LogP contribution >= 0.6 is 0 Å². The molecule has 1 rings (SSSR count). The third-order valence-corrected chi connectivity index (χ3v) is 2.76. The second-order valence-electron chi connectivity index (χ2n) is 5.79. The Labute approximate surface area is 119 Å². The van der Waals surface area contributed by atoms with Gasteiger partial charge >= 0.3 is 12.1 Å². The molecule has 0 spiro atoms. The molecule has 0 aromatic rings. The molecule has 6 nitrogen and oxygen atoms in total. The second kappa shape index (κ2) is 6.74. The van der Waals surface area contributed by atoms with E-state index >= 15 is 0 Å². The summed E-state index contributed by atoms with van der Waals surface area (Å²) in [6.07, 6.45) is 1.08. The predicted molar refractivity (Wildman–Crippen MR) is 73.1 cm³/mol. The van der Waals surface area contributed by atoms with E-state index in [0.29, 0.717) is 18.5 Å². The lowest BCUT2D eigenvalue weighted by Gasteiger charge is -2.33. The van der Waals surface area contributed by atoms with Crippen LogP contribution < -0.4 is 0 Å². The highest BCUT2D eigenvalue weighted by Gasteiger charge is 2.28. The molecule has 20 heavy (non-hydrogen) atoms. The fourth-order valence-corrected chi connectivity index (χ4v) is 1.82. The number of aliphatic hydroxyl groups is 1. The molecule has 1 fully saturated rings. The zero-order chi connectivity index (χ0) is 15.3. The normalized spacial score (nSPS) is 21.8. The molecule has 0 aromatic heterocycles. The molecule has 0 aromatic carbocycles. The lowest BCUT2D eigenvalue weighted by Crippen LogP contribution is -2.44. The van der Waals surface area contributed by atoms with Crippen molar-refractivity contribution < 1.29 is 24.2 Å². The summed E-state index contributed by atoms with van der Waals surface area (Å²) < 4.78 is 10.1. The smallest absolute Gasteiger partial charge is 0.410 e. The van der Waals surface area contributed by atoms with Crippen molar-refractivity contribution in [3.05, 3.63) is 11.6 Å². The van der Waals surface area contributed by atoms with Crippen molar-refractivity contribution in [1.82, 2.24) is 4.90 Å². The minimum atomic E-state index is -0.607. The number of esters is 1. The average Bonchev–Trinajstić information content (AvgIpc) is 2.28. The molecule has 0 bridgehead atoms. The van der Waals surface area contributed by atoms with Gasteiger partial charge in [-0.2, -0.15) is 0 Å². The minimum Gasteiger partial charge on any atom is -0.462 e. The number of piperidine rings is 1. The molecule has 0 saturated carbocycles. The van der Waals surface area contributed by atoms with E-state index in [1.165, 1.54) is 11.8 Å². The van der Waals surface area contributed by atoms with E-state index in [-0.39, 0.29) is 19.1 Å². The van der Waals surface area contributed by atoms with Crippen LogP contribution in [0, 0.1) is 0 Å². The Bertz CT molecular complexity index is 397. The topological polar surface area (TPSA) is 76.1 Å². The summed E-state index contributed by atoms with van der Waals surface area (Å²) in [7, 11) is 0. The highest BCUT2D eigenvalue weighted by atomic mass is 16.6. The van der Waals surface area contributed by atoms with Crippen molar-refractivity contribution in [2.75, 3.05) is 19.7 Å². The molecule has 0 radical (unpaired) electrons. The van der Waals surface area contributed by atoms with Crippen LogP contribution in [0.4, 0.5) is 4.79 Å². The minimum absolute atomic E-state index is 0.101. The third-order valence-electron chi connectivity index (χ3n) is 2.76. The summed E-state index contributed by atoms with van der Waals surface area (Å²) in [5.74, 6) is -0.379. The van der Waals surface area contributed by atoms with Crippen LogP contribution in [0.2, 0.25) is 0 Å². The molecule has 0 aliphatic carbocycles. The van der Waals surface area contributed by atoms with E-state index in [9.17, 15) is 14.7 Å². The molecule has 6 heteroatoms. The Morgan fingerprint density at radius 2 is 2.10 bits per heavy atom. The number of hydrogen-bond acceptors (Lipinski definition) is 5. The molecule has 1 amide bonds. The first-order valence-electron chi connectivity index (χ1n) is 6.67. The number of carbonyl (C=O) groups is 2. The van der Waals surface area contributed by atoms with Crippen LogP contribution in [0.1, 0.15) is 34.1 Å². The summed E-state index contributed by atoms with van der Waals surface area (Å²) in [6, 6.07) is 0. The summed E-state index contributed by atoms with van der Waals surface area (Å²) in [4.78, 5) is 24.2. The molecule has 1 atom stereocenters. The van der Waals surface area contributed by atoms with Gasteiger partial charge in [0.2, 0.25) is 0 Å². The maximum atomic E-state index is 12.0. The van der Waals surface area contributed by atoms with E-state index in [0.717, 1.165) is 0 Å². The summed E-state index contributed by atoms with van der Waals surface area (Å²) in [6.45, 7) is 7.58. The monoisotopic (exact) mass is 285 g/mol. The number of carbonyl (C=O) groups excluding carboxylic acids is 2. The fraction of sp³-hybridized carbons (Fsp3) is 0.714. The Kier molecular flexibility index (Phi) is 5.56. The van der Waals surface area contributed by atoms with Crippen molar-refractivity contribution in [2.45, 2.75) is 45.8 Å². The van der Waals surface area contributed by atoms with Gasteiger partial charge in [-0.05, 0) is 38.8 Å². The largest absolute Gasteiger partial charge is 0.462 e. The van der Waals surface area contributed by atoms with Gasteiger partial charge in [-0.1, -0.05) is 0 Å². The zero-order valence-corrected chi connectivity index (χ0v) is 12.5. The fourth-order valence-electron chi connectivity index (χ4n) is 1.82. The van der Waals surface area contributed by atoms with Crippen molar-refractivity contribution in [3.8, 4) is 0 Å². The van der Waals surface area contributed by atoms with Crippen LogP contribution in [0.3, 0.4) is 0 Å². The van der Waals surface area contributed by atoms with E-state index in [4.69, 9.17) is 9.47 Å². The molecule has 1 aliphatic rings. The molecule has 1 N–H and O–H groups in total. The van der Waals surface area contributed by atoms with Crippen LogP contribution in [0.25, 0.3) is 0 Å². The molecule has 1 heterocycles. The number of nitrogens with zero attached hydrogens (tertiary/aromatic N) is 1. The van der Waals surface area contributed by atoms with Crippen molar-refractivity contribution in [3.63, 3.8) is 0 Å². The predicted octanol–water partition coefficient (Wildman–Crippen LogP) is 1.48. The first kappa shape index (κ1) is 16.5. The summed E-state index contributed by atoms with van der Waals surface area (Å²) in [5, 5.41) is 9.88. The van der Waals surface area contributed by atoms with E-state index in [2.05, 4.69) is 0 Å². The van der Waals surface area contributed by atoms with Gasteiger partial charge < -0.3 is 19.5 Å². The van der Waals surface area contributed by atoms with E-state index in [1.54, 1.807) is 26.8 Å². The molecular formula is C14H23NO5. The SMILES string of the molecule is CC(=O)OC/C=C1\CN(C(=O)OC(C)(C)C)CCC1O. The Hall–Kier alpha value is -1.56. The average molecular weight is 285 g/mol. The highest BCUT2D eigenvalue weighted by Crippen LogP contribution is 2.19. The van der Waals surface area contributed by atoms with Gasteiger partial charge in [-0.15, -0.1) is 0 Å². The van der Waals surface area contributed by atoms with Crippen LogP contribution in [-0.4, -0.2) is 53.5 Å². The highest BCUT2D eigenvalue weighted by molar-refractivity contribution is 5.69. The summed E-state index contributed by atoms with van der Waals surface area (Å²) >= 11 is 0. The van der Waals surface area contributed by atoms with Crippen molar-refractivity contribution in [2.24, 2.45) is 0 Å². The van der Waals surface area contributed by atoms with Gasteiger partial charge in [0.05, 0.1) is 6.10 Å². The van der Waals surface area contributed by atoms with Gasteiger partial charge in [0.25, 0.3) is 0 Å². The van der Waals surface area contributed by atoms with Gasteiger partial charge in [0, 0.05) is 20.0 Å². The molecule has 1 saturated heterocycles. The molecule has 114 valence electrons. The molecule has 1 unspecified atom stereocenters. The van der Waals surface area contributed by atoms with Crippen molar-refractivity contribution >= 4 is 12.1 Å². The van der Waals surface area contributed by atoms with Gasteiger partial charge in [0.1, 0.15) is 12.2 Å². The zero-order valence-electron chi connectivity index (χ0n) is 12.5. The second-order valence-corrected chi connectivity index (χ2v) is 5.79. The standard InChI is InChI=1S/C14H23NO5/c1-10(16)19-8-6-11-9-15(7-5-12(11)17)13(18)20-14(2,3)4/h6,12,17H,5,7-9H2,1-4H3/b11-6+. The lowest BCUT2D eigenvalue weighted by molar-refractivity contribution is -0.139. The Morgan fingerprint density at radius 1 is 1.45 bits per heavy atom. The lowest BCUT2D eigenvalue weighted by atomic mass is 10.0. The quantitative estimate of drug-likeness (QED) is 0.614. The van der Waals surface area contributed by atoms with Gasteiger partial charge in [0.15, 0.2) is 0 Å². The molecular weight excluding hydrogens is 262 g/mol. The van der Waals surface area contributed by atoms with E-state index in [1.807, 2.05) is 0 Å². The number of hydrogen-bond donors (Lipinski definition) is 1. The maximum absolute atomic E-state index is 12.0. The summed E-state index contributed by atoms with van der Waals surface area (Å²) in [5.41, 5.74) is 0.123. The van der Waals surface area contributed by atoms with E-state index < -0.39 is 17.8 Å². The van der Waals surface area contributed by atoms with Crippen molar-refractivity contribution in [1.29, 1.82) is 0 Å². The number of ether oxygens (including phenoxy) is 2. The van der Waals surface area contributed by atoms with Gasteiger partial charge in [-0.3, -0.25) is 4.79 Å². The van der Waals surface area contributed by atoms with Crippen LogP contribution in [0.15, 0.2) is 11.6 Å². The molecule has 1 aliphatic heterocycles. The first-order valence-corrected chi connectivity index (χ1v) is 6.67. The number of amides is 1. The Balaban J connectivity index is 2.61. The van der Waals surface area contributed by atoms with Gasteiger partial charge in [-0.25, -0.2) is 4.79 Å². The van der Waals surface area contributed by atoms with Crippen LogP contribution in [-0.2, 0) is 14.3 Å². The number of rotatable bonds is 2. The third kappa shape index (κ3) is 5.61. The maximum Gasteiger partial charge on any atom is 0.410 e. The Morgan fingerprint density at radius 3 is 2.65 bits per heavy atom.